The Kier molecular flexibility index (Phi) is 12.8. The summed E-state index contributed by atoms with van der Waals surface area (Å²) >= 11 is 0. The summed E-state index contributed by atoms with van der Waals surface area (Å²) in [4.78, 5) is 9.83. The van der Waals surface area contributed by atoms with Gasteiger partial charge in [0.25, 0.3) is 0 Å². The van der Waals surface area contributed by atoms with Gasteiger partial charge in [0, 0.05) is 39.3 Å². The molecule has 2 fully saturated rings. The number of guanidine groups is 1. The van der Waals surface area contributed by atoms with Crippen LogP contribution in [-0.4, -0.2) is 87.9 Å². The average molecular weight is 467 g/mol. The molecule has 0 aromatic rings. The van der Waals surface area contributed by atoms with Gasteiger partial charge in [0.2, 0.25) is 0 Å². The highest BCUT2D eigenvalue weighted by Gasteiger charge is 2.14. The lowest BCUT2D eigenvalue weighted by atomic mass is 10.2. The van der Waals surface area contributed by atoms with Gasteiger partial charge in [-0.1, -0.05) is 6.92 Å². The summed E-state index contributed by atoms with van der Waals surface area (Å²) in [7, 11) is 0. The molecule has 1 atom stereocenters. The van der Waals surface area contributed by atoms with E-state index in [1.54, 1.807) is 0 Å². The summed E-state index contributed by atoms with van der Waals surface area (Å²) < 4.78 is 5.39. The highest BCUT2D eigenvalue weighted by atomic mass is 127. The van der Waals surface area contributed by atoms with Crippen molar-refractivity contribution in [2.24, 2.45) is 10.9 Å². The number of hydrogen-bond donors (Lipinski definition) is 2. The molecule has 2 aliphatic rings. The molecule has 25 heavy (non-hydrogen) atoms. The van der Waals surface area contributed by atoms with Gasteiger partial charge in [-0.25, -0.2) is 0 Å². The van der Waals surface area contributed by atoms with E-state index >= 15 is 0 Å². The zero-order valence-electron chi connectivity index (χ0n) is 16.1. The van der Waals surface area contributed by atoms with E-state index in [1.807, 2.05) is 0 Å². The fourth-order valence-corrected chi connectivity index (χ4v) is 3.39. The van der Waals surface area contributed by atoms with Crippen LogP contribution in [0.5, 0.6) is 0 Å². The van der Waals surface area contributed by atoms with Gasteiger partial charge in [-0.3, -0.25) is 9.89 Å². The fraction of sp³-hybridized carbons (Fsp3) is 0.944. The molecule has 2 saturated heterocycles. The molecule has 2 aliphatic heterocycles. The van der Waals surface area contributed by atoms with Gasteiger partial charge in [-0.2, -0.15) is 0 Å². The topological polar surface area (TPSA) is 52.1 Å². The monoisotopic (exact) mass is 467 g/mol. The van der Waals surface area contributed by atoms with E-state index in [-0.39, 0.29) is 24.0 Å². The van der Waals surface area contributed by atoms with E-state index in [2.05, 4.69) is 34.3 Å². The SMILES string of the molecule is CCNC(=NCC(C)CN1CCCC1)NCCCN1CCOCC1.I. The lowest BCUT2D eigenvalue weighted by molar-refractivity contribution is 0.0376. The minimum absolute atomic E-state index is 0. The smallest absolute Gasteiger partial charge is 0.191 e. The van der Waals surface area contributed by atoms with E-state index in [0.29, 0.717) is 5.92 Å². The molecule has 0 aromatic carbocycles. The molecular weight excluding hydrogens is 429 g/mol. The van der Waals surface area contributed by atoms with Crippen molar-refractivity contribution in [2.45, 2.75) is 33.1 Å². The van der Waals surface area contributed by atoms with Gasteiger partial charge in [0.15, 0.2) is 5.96 Å². The summed E-state index contributed by atoms with van der Waals surface area (Å²) in [6, 6.07) is 0. The Hall–Kier alpha value is -0.120. The number of nitrogens with one attached hydrogen (secondary N) is 2. The average Bonchev–Trinajstić information content (AvgIpc) is 3.10. The minimum Gasteiger partial charge on any atom is -0.379 e. The van der Waals surface area contributed by atoms with E-state index in [0.717, 1.165) is 64.9 Å². The molecule has 1 unspecified atom stereocenters. The summed E-state index contributed by atoms with van der Waals surface area (Å²) in [6.07, 6.45) is 3.88. The Morgan fingerprint density at radius 3 is 2.48 bits per heavy atom. The third-order valence-corrected chi connectivity index (χ3v) is 4.72. The van der Waals surface area contributed by atoms with Crippen LogP contribution in [0.4, 0.5) is 0 Å². The standard InChI is InChI=1S/C18H37N5O.HI/c1-3-19-18(20-7-6-10-22-11-13-24-14-12-22)21-15-17(2)16-23-8-4-5-9-23;/h17H,3-16H2,1-2H3,(H2,19,20,21);1H. The van der Waals surface area contributed by atoms with Crippen LogP contribution in [0.25, 0.3) is 0 Å². The van der Waals surface area contributed by atoms with Crippen LogP contribution in [0.15, 0.2) is 4.99 Å². The zero-order chi connectivity index (χ0) is 17.0. The maximum atomic E-state index is 5.39. The van der Waals surface area contributed by atoms with E-state index in [9.17, 15) is 0 Å². The highest BCUT2D eigenvalue weighted by molar-refractivity contribution is 14.0. The molecule has 2 heterocycles. The fourth-order valence-electron chi connectivity index (χ4n) is 3.39. The molecule has 0 spiro atoms. The maximum absolute atomic E-state index is 5.39. The summed E-state index contributed by atoms with van der Waals surface area (Å²) in [5.41, 5.74) is 0. The third kappa shape index (κ3) is 9.96. The molecular formula is C18H38IN5O. The number of aliphatic imine (C=N–C) groups is 1. The highest BCUT2D eigenvalue weighted by Crippen LogP contribution is 2.10. The molecule has 0 amide bonds. The molecule has 0 aromatic heterocycles. The van der Waals surface area contributed by atoms with Gasteiger partial charge >= 0.3 is 0 Å². The Bertz CT molecular complexity index is 357. The summed E-state index contributed by atoms with van der Waals surface area (Å²) in [6.45, 7) is 16.0. The van der Waals surface area contributed by atoms with Crippen molar-refractivity contribution in [3.8, 4) is 0 Å². The van der Waals surface area contributed by atoms with Crippen molar-refractivity contribution in [1.82, 2.24) is 20.4 Å². The van der Waals surface area contributed by atoms with E-state index in [4.69, 9.17) is 9.73 Å². The first kappa shape index (κ1) is 22.9. The minimum atomic E-state index is 0. The number of nitrogens with zero attached hydrogens (tertiary/aromatic N) is 3. The molecule has 0 bridgehead atoms. The molecule has 0 saturated carbocycles. The second-order valence-electron chi connectivity index (χ2n) is 7.07. The summed E-state index contributed by atoms with van der Waals surface area (Å²) in [5.74, 6) is 1.58. The predicted molar refractivity (Wildman–Crippen MR) is 116 cm³/mol. The zero-order valence-corrected chi connectivity index (χ0v) is 18.5. The number of ether oxygens (including phenoxy) is 1. The molecule has 7 heteroatoms. The molecule has 0 radical (unpaired) electrons. The molecule has 148 valence electrons. The van der Waals surface area contributed by atoms with Crippen molar-refractivity contribution in [1.29, 1.82) is 0 Å². The Morgan fingerprint density at radius 2 is 1.80 bits per heavy atom. The number of morpholine rings is 1. The van der Waals surface area contributed by atoms with Crippen molar-refractivity contribution < 1.29 is 4.74 Å². The van der Waals surface area contributed by atoms with E-state index < -0.39 is 0 Å². The second-order valence-corrected chi connectivity index (χ2v) is 7.07. The number of likely N-dealkylation sites (tertiary alicyclic amines) is 1. The van der Waals surface area contributed by atoms with E-state index in [1.165, 1.54) is 32.5 Å². The first-order valence-electron chi connectivity index (χ1n) is 9.82. The van der Waals surface area contributed by atoms with Gasteiger partial charge in [0.1, 0.15) is 0 Å². The Morgan fingerprint density at radius 1 is 1.08 bits per heavy atom. The van der Waals surface area contributed by atoms with Gasteiger partial charge < -0.3 is 20.3 Å². The lowest BCUT2D eigenvalue weighted by Crippen LogP contribution is -2.41. The summed E-state index contributed by atoms with van der Waals surface area (Å²) in [5, 5.41) is 6.84. The van der Waals surface area contributed by atoms with Crippen molar-refractivity contribution in [3.05, 3.63) is 0 Å². The Labute approximate surface area is 171 Å². The van der Waals surface area contributed by atoms with Crippen LogP contribution in [0.2, 0.25) is 0 Å². The van der Waals surface area contributed by atoms with Gasteiger partial charge in [0.05, 0.1) is 13.2 Å². The largest absolute Gasteiger partial charge is 0.379 e. The van der Waals surface area contributed by atoms with Crippen LogP contribution < -0.4 is 10.6 Å². The second kappa shape index (κ2) is 14.0. The van der Waals surface area contributed by atoms with Crippen LogP contribution in [0, 0.1) is 5.92 Å². The maximum Gasteiger partial charge on any atom is 0.191 e. The van der Waals surface area contributed by atoms with Gasteiger partial charge in [-0.05, 0) is 51.7 Å². The van der Waals surface area contributed by atoms with Gasteiger partial charge in [-0.15, -0.1) is 24.0 Å². The third-order valence-electron chi connectivity index (χ3n) is 4.72. The number of halogens is 1. The number of rotatable bonds is 9. The quantitative estimate of drug-likeness (QED) is 0.234. The normalized spacial score (nSPS) is 21.0. The molecule has 2 rings (SSSR count). The number of hydrogen-bond acceptors (Lipinski definition) is 4. The van der Waals surface area contributed by atoms with Crippen molar-refractivity contribution >= 4 is 29.9 Å². The van der Waals surface area contributed by atoms with Crippen LogP contribution in [0.1, 0.15) is 33.1 Å². The predicted octanol–water partition coefficient (Wildman–Crippen LogP) is 1.61. The van der Waals surface area contributed by atoms with Crippen molar-refractivity contribution in [2.75, 3.05) is 72.1 Å². The van der Waals surface area contributed by atoms with Crippen molar-refractivity contribution in [3.63, 3.8) is 0 Å². The first-order chi connectivity index (χ1) is 11.8. The first-order valence-corrected chi connectivity index (χ1v) is 9.82. The van der Waals surface area contributed by atoms with Crippen LogP contribution in [0.3, 0.4) is 0 Å². The Balaban J connectivity index is 0.00000312. The lowest BCUT2D eigenvalue weighted by Gasteiger charge is -2.26. The van der Waals surface area contributed by atoms with Crippen LogP contribution in [-0.2, 0) is 4.74 Å². The molecule has 0 aliphatic carbocycles. The van der Waals surface area contributed by atoms with Crippen LogP contribution >= 0.6 is 24.0 Å². The molecule has 2 N–H and O–H groups in total. The molecule has 6 nitrogen and oxygen atoms in total.